The van der Waals surface area contributed by atoms with E-state index in [-0.39, 0.29) is 17.8 Å². The number of anilines is 1. The van der Waals surface area contributed by atoms with Crippen molar-refractivity contribution in [2.45, 2.75) is 59.5 Å². The van der Waals surface area contributed by atoms with Gasteiger partial charge in [-0.25, -0.2) is 0 Å². The number of thiophene rings is 1. The molecule has 0 unspecified atom stereocenters. The molecule has 2 heterocycles. The fraction of sp³-hybridized carbons (Fsp3) is 0.522. The molecule has 1 aromatic carbocycles. The normalized spacial score (nSPS) is 20.8. The Morgan fingerprint density at radius 3 is 2.77 bits per heavy atom. The van der Waals surface area contributed by atoms with Crippen LogP contribution in [-0.2, 0) is 12.8 Å². The molecule has 7 heteroatoms. The molecule has 5 nitrogen and oxygen atoms in total. The quantitative estimate of drug-likeness (QED) is 0.477. The van der Waals surface area contributed by atoms with Crippen molar-refractivity contribution < 1.29 is 14.6 Å². The number of halogens is 1. The molecule has 0 fully saturated rings. The van der Waals surface area contributed by atoms with Crippen LogP contribution >= 0.6 is 27.3 Å². The van der Waals surface area contributed by atoms with E-state index in [0.717, 1.165) is 41.8 Å². The average molecular weight is 493 g/mol. The average Bonchev–Trinajstić information content (AvgIpc) is 3.09. The summed E-state index contributed by atoms with van der Waals surface area (Å²) < 4.78 is 6.09. The van der Waals surface area contributed by atoms with E-state index in [1.807, 2.05) is 13.0 Å². The van der Waals surface area contributed by atoms with Crippen LogP contribution < -0.4 is 15.4 Å². The van der Waals surface area contributed by atoms with E-state index in [0.29, 0.717) is 28.2 Å². The molecule has 162 valence electrons. The number of hydrogen-bond acceptors (Lipinski definition) is 5. The standard InChI is InChI=1S/C23H29BrN2O3S/c1-5-23(3,4)13-7-8-14-17(11-13)30-22-18(14)21(28)25-20(26-22)12-9-15(24)19(27)16(10-12)29-6-2/h9-10,13,20,26-27H,5-8,11H2,1-4H3,(H,25,28)/t13-,20+/m1/s1. The summed E-state index contributed by atoms with van der Waals surface area (Å²) in [6.45, 7) is 9.30. The highest BCUT2D eigenvalue weighted by atomic mass is 79.9. The molecule has 0 radical (unpaired) electrons. The van der Waals surface area contributed by atoms with E-state index in [4.69, 9.17) is 4.74 Å². The molecule has 0 spiro atoms. The largest absolute Gasteiger partial charge is 0.503 e. The Kier molecular flexibility index (Phi) is 5.79. The Morgan fingerprint density at radius 2 is 2.07 bits per heavy atom. The van der Waals surface area contributed by atoms with Gasteiger partial charge in [-0.15, -0.1) is 11.3 Å². The summed E-state index contributed by atoms with van der Waals surface area (Å²) in [5.41, 5.74) is 3.19. The maximum Gasteiger partial charge on any atom is 0.256 e. The van der Waals surface area contributed by atoms with Gasteiger partial charge in [-0.2, -0.15) is 0 Å². The van der Waals surface area contributed by atoms with Crippen LogP contribution in [-0.4, -0.2) is 17.6 Å². The number of nitrogens with one attached hydrogen (secondary N) is 2. The minimum atomic E-state index is -0.371. The molecule has 1 aromatic heterocycles. The summed E-state index contributed by atoms with van der Waals surface area (Å²) in [6, 6.07) is 3.59. The second kappa shape index (κ2) is 8.08. The summed E-state index contributed by atoms with van der Waals surface area (Å²) in [7, 11) is 0. The van der Waals surface area contributed by atoms with Gasteiger partial charge in [0.1, 0.15) is 11.2 Å². The van der Waals surface area contributed by atoms with Crippen LogP contribution in [0.25, 0.3) is 0 Å². The molecule has 2 aromatic rings. The first-order valence-electron chi connectivity index (χ1n) is 10.6. The summed E-state index contributed by atoms with van der Waals surface area (Å²) in [5, 5.41) is 17.8. The zero-order chi connectivity index (χ0) is 21.6. The second-order valence-electron chi connectivity index (χ2n) is 8.82. The summed E-state index contributed by atoms with van der Waals surface area (Å²) >= 11 is 5.12. The number of fused-ring (bicyclic) bond motifs is 3. The van der Waals surface area contributed by atoms with Gasteiger partial charge in [0.15, 0.2) is 11.5 Å². The predicted molar refractivity (Wildman–Crippen MR) is 125 cm³/mol. The molecule has 1 amide bonds. The molecule has 30 heavy (non-hydrogen) atoms. The molecule has 0 saturated carbocycles. The molecule has 1 aliphatic carbocycles. The van der Waals surface area contributed by atoms with E-state index in [1.165, 1.54) is 10.4 Å². The Labute approximate surface area is 190 Å². The van der Waals surface area contributed by atoms with Crippen molar-refractivity contribution in [1.29, 1.82) is 0 Å². The Bertz CT molecular complexity index is 985. The first-order chi connectivity index (χ1) is 14.2. The van der Waals surface area contributed by atoms with Crippen LogP contribution in [0, 0.1) is 11.3 Å². The molecule has 1 aliphatic heterocycles. The number of carbonyl (C=O) groups is 1. The smallest absolute Gasteiger partial charge is 0.256 e. The lowest BCUT2D eigenvalue weighted by Gasteiger charge is -2.36. The highest BCUT2D eigenvalue weighted by molar-refractivity contribution is 9.10. The third-order valence-corrected chi connectivity index (χ3v) is 8.53. The molecule has 2 atom stereocenters. The molecule has 0 saturated heterocycles. The molecular weight excluding hydrogens is 464 g/mol. The van der Waals surface area contributed by atoms with Crippen LogP contribution in [0.5, 0.6) is 11.5 Å². The van der Waals surface area contributed by atoms with E-state index in [9.17, 15) is 9.90 Å². The van der Waals surface area contributed by atoms with Gasteiger partial charge >= 0.3 is 0 Å². The number of rotatable bonds is 5. The minimum Gasteiger partial charge on any atom is -0.503 e. The third-order valence-electron chi connectivity index (χ3n) is 6.74. The number of benzene rings is 1. The van der Waals surface area contributed by atoms with Gasteiger partial charge in [0, 0.05) is 4.88 Å². The summed E-state index contributed by atoms with van der Waals surface area (Å²) in [6.07, 6.45) is 3.94. The van der Waals surface area contributed by atoms with Crippen molar-refractivity contribution in [1.82, 2.24) is 5.32 Å². The predicted octanol–water partition coefficient (Wildman–Crippen LogP) is 6.01. The van der Waals surface area contributed by atoms with Crippen LogP contribution in [0.4, 0.5) is 5.00 Å². The van der Waals surface area contributed by atoms with Gasteiger partial charge in [-0.3, -0.25) is 4.79 Å². The van der Waals surface area contributed by atoms with Gasteiger partial charge in [-0.05, 0) is 76.7 Å². The number of phenols is 1. The van der Waals surface area contributed by atoms with E-state index < -0.39 is 0 Å². The lowest BCUT2D eigenvalue weighted by Crippen LogP contribution is -2.38. The Morgan fingerprint density at radius 1 is 1.30 bits per heavy atom. The Hall–Kier alpha value is -1.73. The lowest BCUT2D eigenvalue weighted by molar-refractivity contribution is 0.0934. The SMILES string of the molecule is CCOc1cc([C@H]2NC(=O)c3c(sc4c3CC[C@@H](C(C)(C)CC)C4)N2)cc(Br)c1O. The molecule has 0 bridgehead atoms. The monoisotopic (exact) mass is 492 g/mol. The van der Waals surface area contributed by atoms with Gasteiger partial charge in [0.25, 0.3) is 5.91 Å². The number of amides is 1. The zero-order valence-electron chi connectivity index (χ0n) is 17.9. The van der Waals surface area contributed by atoms with Crippen LogP contribution in [0.2, 0.25) is 0 Å². The van der Waals surface area contributed by atoms with E-state index in [2.05, 4.69) is 47.3 Å². The molecular formula is C23H29BrN2O3S. The number of ether oxygens (including phenoxy) is 1. The summed E-state index contributed by atoms with van der Waals surface area (Å²) in [5.74, 6) is 1.09. The third kappa shape index (κ3) is 3.71. The first kappa shape index (κ1) is 21.5. The van der Waals surface area contributed by atoms with Crippen molar-refractivity contribution in [3.63, 3.8) is 0 Å². The van der Waals surface area contributed by atoms with Crippen molar-refractivity contribution in [2.24, 2.45) is 11.3 Å². The fourth-order valence-electron chi connectivity index (χ4n) is 4.45. The van der Waals surface area contributed by atoms with E-state index >= 15 is 0 Å². The summed E-state index contributed by atoms with van der Waals surface area (Å²) in [4.78, 5) is 14.4. The van der Waals surface area contributed by atoms with Crippen molar-refractivity contribution in [2.75, 3.05) is 11.9 Å². The zero-order valence-corrected chi connectivity index (χ0v) is 20.3. The molecule has 4 rings (SSSR count). The maximum atomic E-state index is 13.1. The minimum absolute atomic E-state index is 0.0263. The lowest BCUT2D eigenvalue weighted by atomic mass is 9.69. The van der Waals surface area contributed by atoms with Gasteiger partial charge in [-0.1, -0.05) is 27.2 Å². The van der Waals surface area contributed by atoms with Crippen LogP contribution in [0.1, 0.15) is 73.1 Å². The topological polar surface area (TPSA) is 70.6 Å². The van der Waals surface area contributed by atoms with Gasteiger partial charge in [0.2, 0.25) is 0 Å². The van der Waals surface area contributed by atoms with E-state index in [1.54, 1.807) is 17.4 Å². The van der Waals surface area contributed by atoms with Gasteiger partial charge < -0.3 is 20.5 Å². The molecule has 3 N–H and O–H groups in total. The van der Waals surface area contributed by atoms with Gasteiger partial charge in [0.05, 0.1) is 16.6 Å². The number of aromatic hydroxyl groups is 1. The number of carbonyl (C=O) groups excluding carboxylic acids is 1. The highest BCUT2D eigenvalue weighted by Gasteiger charge is 2.37. The van der Waals surface area contributed by atoms with Crippen molar-refractivity contribution in [3.05, 3.63) is 38.2 Å². The van der Waals surface area contributed by atoms with Crippen molar-refractivity contribution in [3.8, 4) is 11.5 Å². The van der Waals surface area contributed by atoms with Crippen molar-refractivity contribution >= 4 is 38.2 Å². The molecule has 2 aliphatic rings. The number of hydrogen-bond donors (Lipinski definition) is 3. The fourth-order valence-corrected chi connectivity index (χ4v) is 6.26. The number of phenolic OH excluding ortho intramolecular Hbond substituents is 1. The Balaban J connectivity index is 1.64. The first-order valence-corrected chi connectivity index (χ1v) is 12.2. The second-order valence-corrected chi connectivity index (χ2v) is 10.8. The van der Waals surface area contributed by atoms with Crippen LogP contribution in [0.15, 0.2) is 16.6 Å². The highest BCUT2D eigenvalue weighted by Crippen LogP contribution is 2.47. The van der Waals surface area contributed by atoms with Crippen LogP contribution in [0.3, 0.4) is 0 Å². The maximum absolute atomic E-state index is 13.1.